The van der Waals surface area contributed by atoms with Crippen LogP contribution in [0.4, 0.5) is 4.39 Å². The Kier molecular flexibility index (Phi) is 4.25. The zero-order valence-electron chi connectivity index (χ0n) is 9.20. The molecule has 4 nitrogen and oxygen atoms in total. The van der Waals surface area contributed by atoms with Crippen LogP contribution in [0.1, 0.15) is 18.5 Å². The minimum atomic E-state index is -0.517. The number of benzene rings is 1. The molecule has 1 aromatic rings. The van der Waals surface area contributed by atoms with Crippen molar-refractivity contribution >= 4 is 5.97 Å². The Balaban J connectivity index is 2.70. The van der Waals surface area contributed by atoms with E-state index in [1.165, 1.54) is 19.2 Å². The third-order valence-electron chi connectivity index (χ3n) is 2.05. The maximum absolute atomic E-state index is 13.4. The molecule has 0 aliphatic rings. The minimum absolute atomic E-state index is 0.243. The van der Waals surface area contributed by atoms with Crippen molar-refractivity contribution in [1.29, 1.82) is 0 Å². The number of carbonyl (C=O) groups is 1. The zero-order chi connectivity index (χ0) is 12.1. The molecule has 1 unspecified atom stereocenters. The number of nitrogens with two attached hydrogens (primary N) is 1. The molecule has 88 valence electrons. The van der Waals surface area contributed by atoms with E-state index in [0.29, 0.717) is 5.56 Å². The second-order valence-corrected chi connectivity index (χ2v) is 3.34. The van der Waals surface area contributed by atoms with E-state index in [9.17, 15) is 9.18 Å². The second-order valence-electron chi connectivity index (χ2n) is 3.34. The molecule has 0 spiro atoms. The highest BCUT2D eigenvalue weighted by atomic mass is 19.1. The second kappa shape index (κ2) is 5.46. The monoisotopic (exact) mass is 227 g/mol. The number of esters is 1. The molecule has 5 heteroatoms. The summed E-state index contributed by atoms with van der Waals surface area (Å²) in [7, 11) is 1.26. The van der Waals surface area contributed by atoms with Gasteiger partial charge in [-0.3, -0.25) is 0 Å². The fraction of sp³-hybridized carbons (Fsp3) is 0.364. The molecule has 1 rings (SSSR count). The predicted molar refractivity (Wildman–Crippen MR) is 56.5 cm³/mol. The SMILES string of the molecule is COC(=O)COc1ccc(C(C)N)c(F)c1. The van der Waals surface area contributed by atoms with Crippen molar-refractivity contribution in [2.45, 2.75) is 13.0 Å². The molecule has 0 radical (unpaired) electrons. The van der Waals surface area contributed by atoms with Gasteiger partial charge in [-0.1, -0.05) is 6.07 Å². The molecule has 0 saturated carbocycles. The zero-order valence-corrected chi connectivity index (χ0v) is 9.20. The van der Waals surface area contributed by atoms with Crippen LogP contribution in [0, 0.1) is 5.82 Å². The number of carbonyl (C=O) groups excluding carboxylic acids is 1. The molecule has 0 bridgehead atoms. The summed E-state index contributed by atoms with van der Waals surface area (Å²) < 4.78 is 22.8. The highest BCUT2D eigenvalue weighted by molar-refractivity contribution is 5.70. The van der Waals surface area contributed by atoms with Gasteiger partial charge in [-0.15, -0.1) is 0 Å². The lowest BCUT2D eigenvalue weighted by atomic mass is 10.1. The van der Waals surface area contributed by atoms with Crippen molar-refractivity contribution < 1.29 is 18.7 Å². The Morgan fingerprint density at radius 2 is 2.25 bits per heavy atom. The van der Waals surface area contributed by atoms with Gasteiger partial charge < -0.3 is 15.2 Å². The molecule has 0 heterocycles. The first-order valence-corrected chi connectivity index (χ1v) is 4.79. The smallest absolute Gasteiger partial charge is 0.343 e. The van der Waals surface area contributed by atoms with Crippen LogP contribution in [0.2, 0.25) is 0 Å². The fourth-order valence-corrected chi connectivity index (χ4v) is 1.17. The van der Waals surface area contributed by atoms with Gasteiger partial charge in [0, 0.05) is 17.7 Å². The first-order chi connectivity index (χ1) is 7.54. The normalized spacial score (nSPS) is 12.0. The van der Waals surface area contributed by atoms with Gasteiger partial charge in [0.1, 0.15) is 11.6 Å². The number of rotatable bonds is 4. The number of hydrogen-bond acceptors (Lipinski definition) is 4. The van der Waals surface area contributed by atoms with E-state index in [-0.39, 0.29) is 18.4 Å². The van der Waals surface area contributed by atoms with E-state index < -0.39 is 11.8 Å². The highest BCUT2D eigenvalue weighted by Crippen LogP contribution is 2.20. The average Bonchev–Trinajstić information content (AvgIpc) is 2.25. The first-order valence-electron chi connectivity index (χ1n) is 4.79. The number of ether oxygens (including phenoxy) is 2. The number of methoxy groups -OCH3 is 1. The quantitative estimate of drug-likeness (QED) is 0.790. The van der Waals surface area contributed by atoms with Gasteiger partial charge in [0.05, 0.1) is 7.11 Å². The molecular formula is C11H14FNO3. The Morgan fingerprint density at radius 1 is 1.56 bits per heavy atom. The summed E-state index contributed by atoms with van der Waals surface area (Å²) in [6.07, 6.45) is 0. The largest absolute Gasteiger partial charge is 0.482 e. The van der Waals surface area contributed by atoms with Crippen molar-refractivity contribution in [2.75, 3.05) is 13.7 Å². The molecular weight excluding hydrogens is 213 g/mol. The van der Waals surface area contributed by atoms with Gasteiger partial charge in [0.15, 0.2) is 6.61 Å². The third kappa shape index (κ3) is 3.20. The lowest BCUT2D eigenvalue weighted by Gasteiger charge is -2.09. The molecule has 1 atom stereocenters. The maximum atomic E-state index is 13.4. The molecule has 0 aromatic heterocycles. The Morgan fingerprint density at radius 3 is 2.75 bits per heavy atom. The molecule has 0 amide bonds. The molecule has 0 aliphatic carbocycles. The summed E-state index contributed by atoms with van der Waals surface area (Å²) in [6, 6.07) is 3.91. The first kappa shape index (κ1) is 12.4. The van der Waals surface area contributed by atoms with Crippen LogP contribution < -0.4 is 10.5 Å². The summed E-state index contributed by atoms with van der Waals surface area (Å²) in [5.74, 6) is -0.693. The van der Waals surface area contributed by atoms with E-state index in [1.54, 1.807) is 13.0 Å². The van der Waals surface area contributed by atoms with Crippen molar-refractivity contribution in [3.8, 4) is 5.75 Å². The van der Waals surface area contributed by atoms with Crippen LogP contribution in [0.3, 0.4) is 0 Å². The van der Waals surface area contributed by atoms with Gasteiger partial charge >= 0.3 is 5.97 Å². The summed E-state index contributed by atoms with van der Waals surface area (Å²) >= 11 is 0. The lowest BCUT2D eigenvalue weighted by Crippen LogP contribution is -2.13. The van der Waals surface area contributed by atoms with Gasteiger partial charge in [-0.05, 0) is 13.0 Å². The maximum Gasteiger partial charge on any atom is 0.343 e. The van der Waals surface area contributed by atoms with Crippen LogP contribution in [-0.4, -0.2) is 19.7 Å². The topological polar surface area (TPSA) is 61.5 Å². The minimum Gasteiger partial charge on any atom is -0.482 e. The summed E-state index contributed by atoms with van der Waals surface area (Å²) in [4.78, 5) is 10.8. The van der Waals surface area contributed by atoms with Crippen molar-refractivity contribution in [3.63, 3.8) is 0 Å². The van der Waals surface area contributed by atoms with Gasteiger partial charge in [0.25, 0.3) is 0 Å². The van der Waals surface area contributed by atoms with Gasteiger partial charge in [0.2, 0.25) is 0 Å². The van der Waals surface area contributed by atoms with Crippen molar-refractivity contribution in [2.24, 2.45) is 5.73 Å². The van der Waals surface area contributed by atoms with Crippen molar-refractivity contribution in [1.82, 2.24) is 0 Å². The van der Waals surface area contributed by atoms with Gasteiger partial charge in [-0.25, -0.2) is 9.18 Å². The molecule has 0 fully saturated rings. The predicted octanol–water partition coefficient (Wildman–Crippen LogP) is 1.40. The summed E-state index contributed by atoms with van der Waals surface area (Å²) in [5, 5.41) is 0. The molecule has 1 aromatic carbocycles. The standard InChI is InChI=1S/C11H14FNO3/c1-7(13)9-4-3-8(5-10(9)12)16-6-11(14)15-2/h3-5,7H,6,13H2,1-2H3. The van der Waals surface area contributed by atoms with E-state index in [0.717, 1.165) is 0 Å². The van der Waals surface area contributed by atoms with Crippen molar-refractivity contribution in [3.05, 3.63) is 29.6 Å². The van der Waals surface area contributed by atoms with E-state index in [4.69, 9.17) is 10.5 Å². The van der Waals surface area contributed by atoms with E-state index in [2.05, 4.69) is 4.74 Å². The van der Waals surface area contributed by atoms with E-state index in [1.807, 2.05) is 0 Å². The van der Waals surface area contributed by atoms with Crippen LogP contribution in [0.25, 0.3) is 0 Å². The average molecular weight is 227 g/mol. The molecule has 0 aliphatic heterocycles. The van der Waals surface area contributed by atoms with Crippen LogP contribution in [-0.2, 0) is 9.53 Å². The number of halogens is 1. The molecule has 16 heavy (non-hydrogen) atoms. The summed E-state index contributed by atoms with van der Waals surface area (Å²) in [5.41, 5.74) is 5.96. The molecule has 0 saturated heterocycles. The lowest BCUT2D eigenvalue weighted by molar-refractivity contribution is -0.142. The Labute approximate surface area is 93.2 Å². The van der Waals surface area contributed by atoms with Crippen LogP contribution >= 0.6 is 0 Å². The molecule has 2 N–H and O–H groups in total. The third-order valence-corrected chi connectivity index (χ3v) is 2.05. The Bertz CT molecular complexity index is 379. The highest BCUT2D eigenvalue weighted by Gasteiger charge is 2.09. The fourth-order valence-electron chi connectivity index (χ4n) is 1.17. The summed E-state index contributed by atoms with van der Waals surface area (Å²) in [6.45, 7) is 1.45. The number of hydrogen-bond donors (Lipinski definition) is 1. The Hall–Kier alpha value is -1.62. The van der Waals surface area contributed by atoms with Gasteiger partial charge in [-0.2, -0.15) is 0 Å². The van der Waals surface area contributed by atoms with E-state index >= 15 is 0 Å². The van der Waals surface area contributed by atoms with Crippen LogP contribution in [0.5, 0.6) is 5.75 Å². The van der Waals surface area contributed by atoms with Crippen LogP contribution in [0.15, 0.2) is 18.2 Å².